The van der Waals surface area contributed by atoms with Crippen molar-refractivity contribution in [2.45, 2.75) is 18.5 Å². The smallest absolute Gasteiger partial charge is 0.540 e. The summed E-state index contributed by atoms with van der Waals surface area (Å²) in [5.41, 5.74) is 6.29. The molecule has 1 aliphatic carbocycles. The number of hydrogen-bond donors (Lipinski definition) is 0. The van der Waals surface area contributed by atoms with Crippen LogP contribution in [0.5, 0.6) is 0 Å². The van der Waals surface area contributed by atoms with Gasteiger partial charge in [0, 0.05) is 0 Å². The molecule has 0 bridgehead atoms. The molecule has 0 saturated carbocycles. The van der Waals surface area contributed by atoms with Gasteiger partial charge in [0.1, 0.15) is 0 Å². The molecule has 0 N–H and O–H groups in total. The maximum absolute atomic E-state index is 5.76. The standard InChI is InChI=1S/C23H20NO.Li/c1-17-15-25-16-24(17)23(18-9-3-2-4-10-18)21-13-7-5-11-19(21)20-12-6-8-14-22(20)23;/h2-15,17H,16H2,1H3;/q-1;+1/t17-;/m0./s1. The molecule has 3 aromatic carbocycles. The van der Waals surface area contributed by atoms with Crippen molar-refractivity contribution >= 4 is 0 Å². The SMILES string of the molecule is C[C@H]1[CH-]OCN1C1(c2ccccc2)c2ccccc2-c2ccccc21.[Li+]. The summed E-state index contributed by atoms with van der Waals surface area (Å²) < 4.78 is 5.76. The molecule has 0 radical (unpaired) electrons. The summed E-state index contributed by atoms with van der Waals surface area (Å²) in [6.45, 7) is 4.76. The van der Waals surface area contributed by atoms with Crippen LogP contribution in [0.1, 0.15) is 23.6 Å². The van der Waals surface area contributed by atoms with E-state index in [1.807, 2.05) is 6.61 Å². The Balaban J connectivity index is 0.00000168. The van der Waals surface area contributed by atoms with Gasteiger partial charge < -0.3 is 4.74 Å². The zero-order chi connectivity index (χ0) is 16.9. The fourth-order valence-electron chi connectivity index (χ4n) is 4.53. The molecule has 26 heavy (non-hydrogen) atoms. The van der Waals surface area contributed by atoms with Gasteiger partial charge in [0.25, 0.3) is 0 Å². The maximum atomic E-state index is 5.76. The van der Waals surface area contributed by atoms with E-state index in [-0.39, 0.29) is 30.4 Å². The van der Waals surface area contributed by atoms with Gasteiger partial charge in [-0.1, -0.05) is 91.8 Å². The number of fused-ring (bicyclic) bond motifs is 3. The third kappa shape index (κ3) is 2.27. The number of ether oxygens (including phenoxy) is 1. The predicted octanol–water partition coefficient (Wildman–Crippen LogP) is 1.80. The van der Waals surface area contributed by atoms with E-state index in [9.17, 15) is 0 Å². The zero-order valence-corrected chi connectivity index (χ0v) is 15.2. The summed E-state index contributed by atoms with van der Waals surface area (Å²) in [5.74, 6) is 0. The van der Waals surface area contributed by atoms with E-state index in [1.54, 1.807) is 0 Å². The van der Waals surface area contributed by atoms with Crippen molar-refractivity contribution in [2.75, 3.05) is 6.73 Å². The minimum absolute atomic E-state index is 0. The van der Waals surface area contributed by atoms with Gasteiger partial charge in [-0.2, -0.15) is 6.61 Å². The molecule has 124 valence electrons. The quantitative estimate of drug-likeness (QED) is 0.524. The molecule has 1 atom stereocenters. The first-order valence-electron chi connectivity index (χ1n) is 8.80. The van der Waals surface area contributed by atoms with Gasteiger partial charge in [0.15, 0.2) is 0 Å². The summed E-state index contributed by atoms with van der Waals surface area (Å²) in [5, 5.41) is 0. The van der Waals surface area contributed by atoms with Crippen molar-refractivity contribution < 1.29 is 23.6 Å². The summed E-state index contributed by atoms with van der Waals surface area (Å²) in [6, 6.07) is 28.6. The molecule has 3 heteroatoms. The van der Waals surface area contributed by atoms with Crippen LogP contribution in [0.25, 0.3) is 11.1 Å². The Morgan fingerprint density at radius 2 is 1.38 bits per heavy atom. The van der Waals surface area contributed by atoms with Crippen molar-refractivity contribution in [3.8, 4) is 11.1 Å². The van der Waals surface area contributed by atoms with Crippen molar-refractivity contribution in [1.82, 2.24) is 4.90 Å². The Hall–Kier alpha value is -1.82. The van der Waals surface area contributed by atoms with Crippen LogP contribution in [0.3, 0.4) is 0 Å². The van der Waals surface area contributed by atoms with Crippen LogP contribution in [0.4, 0.5) is 0 Å². The Kier molecular flexibility index (Phi) is 4.55. The van der Waals surface area contributed by atoms with Crippen LogP contribution in [-0.2, 0) is 10.3 Å². The fraction of sp³-hybridized carbons (Fsp3) is 0.174. The number of benzene rings is 3. The summed E-state index contributed by atoms with van der Waals surface area (Å²) >= 11 is 0. The first-order chi connectivity index (χ1) is 12.3. The van der Waals surface area contributed by atoms with Crippen molar-refractivity contribution in [3.63, 3.8) is 0 Å². The van der Waals surface area contributed by atoms with E-state index in [0.29, 0.717) is 6.73 Å². The van der Waals surface area contributed by atoms with E-state index in [0.717, 1.165) is 0 Å². The monoisotopic (exact) mass is 333 g/mol. The number of rotatable bonds is 2. The van der Waals surface area contributed by atoms with Crippen molar-refractivity contribution in [3.05, 3.63) is 102 Å². The van der Waals surface area contributed by atoms with E-state index >= 15 is 0 Å². The van der Waals surface area contributed by atoms with Crippen LogP contribution in [-0.4, -0.2) is 17.7 Å². The van der Waals surface area contributed by atoms with Gasteiger partial charge in [-0.15, -0.1) is 0 Å². The second-order valence-electron chi connectivity index (χ2n) is 6.81. The maximum Gasteiger partial charge on any atom is 1.00 e. The molecule has 5 rings (SSSR count). The van der Waals surface area contributed by atoms with E-state index in [1.165, 1.54) is 27.8 Å². The molecule has 1 heterocycles. The molecule has 0 unspecified atom stereocenters. The molecular formula is C23H20LiNO. The predicted molar refractivity (Wildman–Crippen MR) is 99.8 cm³/mol. The summed E-state index contributed by atoms with van der Waals surface area (Å²) in [4.78, 5) is 2.47. The average Bonchev–Trinajstić information content (AvgIpc) is 3.22. The van der Waals surface area contributed by atoms with Gasteiger partial charge in [-0.25, -0.2) is 0 Å². The normalized spacial score (nSPS) is 20.3. The Morgan fingerprint density at radius 1 is 0.846 bits per heavy atom. The first-order valence-corrected chi connectivity index (χ1v) is 8.80. The minimum atomic E-state index is -0.319. The molecule has 2 aliphatic rings. The van der Waals surface area contributed by atoms with E-state index in [4.69, 9.17) is 4.74 Å². The number of nitrogens with zero attached hydrogens (tertiary/aromatic N) is 1. The van der Waals surface area contributed by atoms with Crippen LogP contribution in [0.15, 0.2) is 78.9 Å². The van der Waals surface area contributed by atoms with Crippen LogP contribution in [0.2, 0.25) is 0 Å². The molecule has 3 aromatic rings. The topological polar surface area (TPSA) is 12.5 Å². The van der Waals surface area contributed by atoms with Crippen LogP contribution < -0.4 is 18.9 Å². The zero-order valence-electron chi connectivity index (χ0n) is 15.2. The van der Waals surface area contributed by atoms with E-state index in [2.05, 4.69) is 90.7 Å². The third-order valence-electron chi connectivity index (χ3n) is 5.54. The van der Waals surface area contributed by atoms with E-state index < -0.39 is 0 Å². The molecule has 0 aromatic heterocycles. The van der Waals surface area contributed by atoms with Gasteiger partial charge in [0.05, 0.1) is 12.3 Å². The average molecular weight is 333 g/mol. The molecular weight excluding hydrogens is 313 g/mol. The van der Waals surface area contributed by atoms with Crippen LogP contribution in [0, 0.1) is 6.61 Å². The van der Waals surface area contributed by atoms with Crippen molar-refractivity contribution in [1.29, 1.82) is 0 Å². The first kappa shape index (κ1) is 17.6. The molecule has 0 spiro atoms. The fourth-order valence-corrected chi connectivity index (χ4v) is 4.53. The molecule has 0 amide bonds. The minimum Gasteiger partial charge on any atom is -0.540 e. The van der Waals surface area contributed by atoms with Crippen LogP contribution >= 0.6 is 0 Å². The Morgan fingerprint density at radius 3 is 1.92 bits per heavy atom. The third-order valence-corrected chi connectivity index (χ3v) is 5.54. The van der Waals surface area contributed by atoms with Gasteiger partial charge in [0.2, 0.25) is 0 Å². The summed E-state index contributed by atoms with van der Waals surface area (Å²) in [6.07, 6.45) is 0. The summed E-state index contributed by atoms with van der Waals surface area (Å²) in [7, 11) is 0. The molecule has 2 nitrogen and oxygen atoms in total. The largest absolute Gasteiger partial charge is 1.00 e. The Bertz CT molecular complexity index is 879. The molecule has 1 fully saturated rings. The number of hydrogen-bond acceptors (Lipinski definition) is 2. The second-order valence-corrected chi connectivity index (χ2v) is 6.81. The van der Waals surface area contributed by atoms with Gasteiger partial charge in [-0.3, -0.25) is 4.90 Å². The molecule has 1 saturated heterocycles. The van der Waals surface area contributed by atoms with Gasteiger partial charge >= 0.3 is 18.9 Å². The Labute approximate surface area is 167 Å². The second kappa shape index (κ2) is 6.72. The van der Waals surface area contributed by atoms with Gasteiger partial charge in [-0.05, 0) is 27.8 Å². The molecule has 1 aliphatic heterocycles. The van der Waals surface area contributed by atoms with Crippen molar-refractivity contribution in [2.24, 2.45) is 0 Å².